The maximum atomic E-state index is 4.34. The van der Waals surface area contributed by atoms with Crippen molar-refractivity contribution in [2.75, 3.05) is 11.9 Å². The monoisotopic (exact) mass is 219 g/mol. The topological polar surface area (TPSA) is 29.0 Å². The molecule has 0 aliphatic rings. The van der Waals surface area contributed by atoms with E-state index in [9.17, 15) is 0 Å². The number of aromatic nitrogens is 2. The van der Waals surface area contributed by atoms with Gasteiger partial charge in [-0.25, -0.2) is 4.98 Å². The van der Waals surface area contributed by atoms with Gasteiger partial charge in [-0.2, -0.15) is 0 Å². The minimum absolute atomic E-state index is 0.848. The molecule has 0 radical (unpaired) electrons. The Morgan fingerprint density at radius 2 is 2.27 bits per heavy atom. The van der Waals surface area contributed by atoms with Crippen LogP contribution in [0.3, 0.4) is 0 Å². The molecule has 0 aliphatic carbocycles. The molecule has 3 nitrogen and oxygen atoms in total. The lowest BCUT2D eigenvalue weighted by atomic mass is 10.3. The Kier molecular flexibility index (Phi) is 2.97. The van der Waals surface area contributed by atoms with Crippen molar-refractivity contribution in [1.82, 2.24) is 9.97 Å². The van der Waals surface area contributed by atoms with Gasteiger partial charge in [0.05, 0.1) is 0 Å². The van der Waals surface area contributed by atoms with E-state index in [1.807, 2.05) is 25.5 Å². The lowest BCUT2D eigenvalue weighted by Crippen LogP contribution is -2.15. The van der Waals surface area contributed by atoms with Gasteiger partial charge in [0.15, 0.2) is 5.13 Å². The highest BCUT2D eigenvalue weighted by atomic mass is 32.1. The molecule has 2 heterocycles. The van der Waals surface area contributed by atoms with E-state index in [1.54, 1.807) is 17.5 Å². The predicted molar refractivity (Wildman–Crippen MR) is 63.2 cm³/mol. The van der Waals surface area contributed by atoms with E-state index >= 15 is 0 Å². The van der Waals surface area contributed by atoms with Crippen molar-refractivity contribution < 1.29 is 0 Å². The Morgan fingerprint density at radius 1 is 1.40 bits per heavy atom. The van der Waals surface area contributed by atoms with Gasteiger partial charge in [-0.15, -0.1) is 11.3 Å². The molecule has 0 unspecified atom stereocenters. The summed E-state index contributed by atoms with van der Waals surface area (Å²) < 4.78 is 0. The molecule has 0 saturated heterocycles. The van der Waals surface area contributed by atoms with Gasteiger partial charge in [-0.05, 0) is 18.6 Å². The van der Waals surface area contributed by atoms with Gasteiger partial charge in [0.2, 0.25) is 0 Å². The first kappa shape index (κ1) is 10.1. The number of anilines is 1. The van der Waals surface area contributed by atoms with E-state index in [0.717, 1.165) is 11.7 Å². The molecule has 2 rings (SSSR count). The molecule has 2 aromatic heterocycles. The van der Waals surface area contributed by atoms with Gasteiger partial charge >= 0.3 is 0 Å². The quantitative estimate of drug-likeness (QED) is 0.794. The molecule has 0 spiro atoms. The molecule has 0 aromatic carbocycles. The predicted octanol–water partition coefficient (Wildman–Crippen LogP) is 2.48. The number of aryl methyl sites for hydroxylation is 1. The minimum Gasteiger partial charge on any atom is -0.347 e. The third-order valence-electron chi connectivity index (χ3n) is 2.08. The fraction of sp³-hybridized carbons (Fsp3) is 0.273. The van der Waals surface area contributed by atoms with E-state index < -0.39 is 0 Å². The van der Waals surface area contributed by atoms with Gasteiger partial charge in [-0.3, -0.25) is 4.98 Å². The van der Waals surface area contributed by atoms with Crippen LogP contribution in [0.2, 0.25) is 0 Å². The SMILES string of the molecule is Cc1cnc(N(C)Cc2cccnc2)s1. The molecule has 0 saturated carbocycles. The van der Waals surface area contributed by atoms with E-state index in [-0.39, 0.29) is 0 Å². The summed E-state index contributed by atoms with van der Waals surface area (Å²) in [5, 5.41) is 1.05. The van der Waals surface area contributed by atoms with Crippen LogP contribution in [0.1, 0.15) is 10.4 Å². The van der Waals surface area contributed by atoms with Crippen LogP contribution >= 0.6 is 11.3 Å². The smallest absolute Gasteiger partial charge is 0.185 e. The van der Waals surface area contributed by atoms with Crippen LogP contribution in [0, 0.1) is 6.92 Å². The van der Waals surface area contributed by atoms with Gasteiger partial charge in [-0.1, -0.05) is 6.07 Å². The molecular weight excluding hydrogens is 206 g/mol. The zero-order valence-corrected chi connectivity index (χ0v) is 9.66. The molecular formula is C11H13N3S. The van der Waals surface area contributed by atoms with Crippen molar-refractivity contribution in [3.8, 4) is 0 Å². The third kappa shape index (κ3) is 2.53. The van der Waals surface area contributed by atoms with Gasteiger partial charge in [0.25, 0.3) is 0 Å². The maximum absolute atomic E-state index is 4.34. The highest BCUT2D eigenvalue weighted by molar-refractivity contribution is 7.15. The summed E-state index contributed by atoms with van der Waals surface area (Å²) in [4.78, 5) is 11.8. The summed E-state index contributed by atoms with van der Waals surface area (Å²) in [6.45, 7) is 2.92. The fourth-order valence-corrected chi connectivity index (χ4v) is 2.07. The van der Waals surface area contributed by atoms with Crippen LogP contribution in [0.25, 0.3) is 0 Å². The Morgan fingerprint density at radius 3 is 2.87 bits per heavy atom. The van der Waals surface area contributed by atoms with Crippen LogP contribution in [-0.2, 0) is 6.54 Å². The van der Waals surface area contributed by atoms with Crippen molar-refractivity contribution in [2.45, 2.75) is 13.5 Å². The standard InChI is InChI=1S/C11H13N3S/c1-9-6-13-11(15-9)14(2)8-10-4-3-5-12-7-10/h3-7H,8H2,1-2H3. The maximum Gasteiger partial charge on any atom is 0.185 e. The van der Waals surface area contributed by atoms with Crippen molar-refractivity contribution in [3.05, 3.63) is 41.2 Å². The summed E-state index contributed by atoms with van der Waals surface area (Å²) in [7, 11) is 2.05. The van der Waals surface area contributed by atoms with Crippen LogP contribution in [0.4, 0.5) is 5.13 Å². The van der Waals surface area contributed by atoms with Crippen LogP contribution in [0.15, 0.2) is 30.7 Å². The number of rotatable bonds is 3. The minimum atomic E-state index is 0.848. The van der Waals surface area contributed by atoms with Crippen LogP contribution in [0.5, 0.6) is 0 Å². The second-order valence-corrected chi connectivity index (χ2v) is 4.68. The Hall–Kier alpha value is -1.42. The number of pyridine rings is 1. The molecule has 0 fully saturated rings. The molecule has 78 valence electrons. The molecule has 2 aromatic rings. The first-order chi connectivity index (χ1) is 7.25. The Bertz CT molecular complexity index is 424. The van der Waals surface area contributed by atoms with Crippen molar-refractivity contribution in [1.29, 1.82) is 0 Å². The zero-order valence-electron chi connectivity index (χ0n) is 8.84. The molecule has 0 bridgehead atoms. The first-order valence-corrected chi connectivity index (χ1v) is 5.60. The fourth-order valence-electron chi connectivity index (χ4n) is 1.35. The van der Waals surface area contributed by atoms with Gasteiger partial charge in [0.1, 0.15) is 0 Å². The van der Waals surface area contributed by atoms with E-state index in [2.05, 4.69) is 27.9 Å². The highest BCUT2D eigenvalue weighted by Crippen LogP contribution is 2.21. The summed E-state index contributed by atoms with van der Waals surface area (Å²) in [6, 6.07) is 4.03. The first-order valence-electron chi connectivity index (χ1n) is 4.78. The molecule has 0 atom stereocenters. The van der Waals surface area contributed by atoms with E-state index in [0.29, 0.717) is 0 Å². The van der Waals surface area contributed by atoms with Gasteiger partial charge < -0.3 is 4.90 Å². The largest absolute Gasteiger partial charge is 0.347 e. The summed E-state index contributed by atoms with van der Waals surface area (Å²) in [6.07, 6.45) is 5.58. The molecule has 4 heteroatoms. The second-order valence-electron chi connectivity index (χ2n) is 3.47. The Balaban J connectivity index is 2.07. The van der Waals surface area contributed by atoms with E-state index in [4.69, 9.17) is 0 Å². The third-order valence-corrected chi connectivity index (χ3v) is 3.11. The van der Waals surface area contributed by atoms with Crippen molar-refractivity contribution in [3.63, 3.8) is 0 Å². The number of hydrogen-bond acceptors (Lipinski definition) is 4. The molecule has 0 amide bonds. The average Bonchev–Trinajstić information content (AvgIpc) is 2.66. The molecule has 0 N–H and O–H groups in total. The summed E-state index contributed by atoms with van der Waals surface area (Å²) >= 11 is 1.71. The van der Waals surface area contributed by atoms with Crippen molar-refractivity contribution >= 4 is 16.5 Å². The highest BCUT2D eigenvalue weighted by Gasteiger charge is 2.05. The number of thiazole rings is 1. The van der Waals surface area contributed by atoms with Crippen LogP contribution < -0.4 is 4.90 Å². The van der Waals surface area contributed by atoms with Gasteiger partial charge in [0, 0.05) is 37.1 Å². The Labute approximate surface area is 93.4 Å². The number of nitrogens with zero attached hydrogens (tertiary/aromatic N) is 3. The van der Waals surface area contributed by atoms with Crippen LogP contribution in [-0.4, -0.2) is 17.0 Å². The zero-order chi connectivity index (χ0) is 10.7. The summed E-state index contributed by atoms with van der Waals surface area (Å²) in [5.74, 6) is 0. The van der Waals surface area contributed by atoms with Crippen molar-refractivity contribution in [2.24, 2.45) is 0 Å². The lowest BCUT2D eigenvalue weighted by molar-refractivity contribution is 0.907. The average molecular weight is 219 g/mol. The number of hydrogen-bond donors (Lipinski definition) is 0. The normalized spacial score (nSPS) is 10.3. The summed E-state index contributed by atoms with van der Waals surface area (Å²) in [5.41, 5.74) is 1.20. The molecule has 15 heavy (non-hydrogen) atoms. The van der Waals surface area contributed by atoms with E-state index in [1.165, 1.54) is 10.4 Å². The molecule has 0 aliphatic heterocycles. The second kappa shape index (κ2) is 4.40. The lowest BCUT2D eigenvalue weighted by Gasteiger charge is -2.14.